The van der Waals surface area contributed by atoms with Crippen LogP contribution < -0.4 is 0 Å². The lowest BCUT2D eigenvalue weighted by Crippen LogP contribution is -2.27. The topological polar surface area (TPSA) is 21.7 Å². The van der Waals surface area contributed by atoms with E-state index in [9.17, 15) is 0 Å². The molecule has 0 aromatic rings. The van der Waals surface area contributed by atoms with Crippen LogP contribution >= 0.6 is 0 Å². The first kappa shape index (κ1) is 45.9. The molecule has 1 fully saturated rings. The van der Waals surface area contributed by atoms with Gasteiger partial charge in [0.15, 0.2) is 0 Å². The van der Waals surface area contributed by atoms with Crippen LogP contribution in [-0.4, -0.2) is 51.0 Å². The van der Waals surface area contributed by atoms with E-state index < -0.39 is 0 Å². The van der Waals surface area contributed by atoms with Crippen LogP contribution in [0.25, 0.3) is 0 Å². The van der Waals surface area contributed by atoms with Crippen LogP contribution in [0.4, 0.5) is 0 Å². The minimum atomic E-state index is 0.297. The first-order chi connectivity index (χ1) is 24.2. The van der Waals surface area contributed by atoms with Crippen molar-refractivity contribution in [1.29, 1.82) is 0 Å². The van der Waals surface area contributed by atoms with Gasteiger partial charge in [0, 0.05) is 19.8 Å². The van der Waals surface area contributed by atoms with E-state index >= 15 is 0 Å². The Hall–Kier alpha value is -1.16. The SMILES string of the molecule is CCCCC/C=C\C/C=C\CCCCCCCCCO[C@H]1C[C@@H](CN(C)C)C[C@H]1OCCCCCCCCC/C=C\C/C=C\CCCCC. The molecule has 1 rings (SSSR count). The van der Waals surface area contributed by atoms with Gasteiger partial charge in [-0.15, -0.1) is 0 Å². The minimum absolute atomic E-state index is 0.297. The van der Waals surface area contributed by atoms with Crippen LogP contribution in [0.5, 0.6) is 0 Å². The quantitative estimate of drug-likeness (QED) is 0.0485. The highest BCUT2D eigenvalue weighted by Gasteiger charge is 2.35. The monoisotopic (exact) mass is 684 g/mol. The van der Waals surface area contributed by atoms with Crippen molar-refractivity contribution in [3.63, 3.8) is 0 Å². The molecule has 0 aromatic carbocycles. The van der Waals surface area contributed by atoms with E-state index in [0.717, 1.165) is 45.4 Å². The summed E-state index contributed by atoms with van der Waals surface area (Å²) in [5.74, 6) is 0.703. The molecule has 0 amide bonds. The van der Waals surface area contributed by atoms with Crippen LogP contribution in [0, 0.1) is 5.92 Å². The lowest BCUT2D eigenvalue weighted by atomic mass is 10.1. The average molecular weight is 684 g/mol. The zero-order valence-corrected chi connectivity index (χ0v) is 33.5. The molecule has 0 N–H and O–H groups in total. The fraction of sp³-hybridized carbons (Fsp3) is 0.826. The van der Waals surface area contributed by atoms with Gasteiger partial charge >= 0.3 is 0 Å². The first-order valence-electron chi connectivity index (χ1n) is 21.6. The van der Waals surface area contributed by atoms with Crippen molar-refractivity contribution in [3.05, 3.63) is 48.6 Å². The normalized spacial score (nSPS) is 18.6. The van der Waals surface area contributed by atoms with Crippen LogP contribution in [0.15, 0.2) is 48.6 Å². The lowest BCUT2D eigenvalue weighted by molar-refractivity contribution is -0.0578. The maximum Gasteiger partial charge on any atom is 0.0839 e. The average Bonchev–Trinajstić information content (AvgIpc) is 3.47. The molecule has 49 heavy (non-hydrogen) atoms. The summed E-state index contributed by atoms with van der Waals surface area (Å²) in [4.78, 5) is 2.33. The van der Waals surface area contributed by atoms with E-state index in [1.54, 1.807) is 0 Å². The number of rotatable bonds is 36. The van der Waals surface area contributed by atoms with Gasteiger partial charge in [-0.1, -0.05) is 152 Å². The Balaban J connectivity index is 2.02. The minimum Gasteiger partial charge on any atom is -0.376 e. The van der Waals surface area contributed by atoms with Crippen molar-refractivity contribution < 1.29 is 9.47 Å². The molecule has 0 spiro atoms. The van der Waals surface area contributed by atoms with Crippen molar-refractivity contribution in [1.82, 2.24) is 4.90 Å². The van der Waals surface area contributed by atoms with Crippen molar-refractivity contribution in [2.45, 2.75) is 206 Å². The summed E-state index contributed by atoms with van der Waals surface area (Å²) in [6.07, 6.45) is 55.6. The van der Waals surface area contributed by atoms with E-state index in [1.165, 1.54) is 154 Å². The molecule has 1 aliphatic carbocycles. The van der Waals surface area contributed by atoms with Crippen molar-refractivity contribution >= 4 is 0 Å². The third kappa shape index (κ3) is 31.3. The van der Waals surface area contributed by atoms with E-state index in [4.69, 9.17) is 9.47 Å². The number of hydrogen-bond acceptors (Lipinski definition) is 3. The zero-order valence-electron chi connectivity index (χ0n) is 33.5. The second kappa shape index (κ2) is 36.6. The number of unbranched alkanes of at least 4 members (excludes halogenated alkanes) is 20. The highest BCUT2D eigenvalue weighted by molar-refractivity contribution is 4.93. The zero-order chi connectivity index (χ0) is 35.3. The molecule has 0 saturated heterocycles. The molecule has 3 nitrogen and oxygen atoms in total. The maximum absolute atomic E-state index is 6.48. The molecule has 1 aliphatic rings. The molecule has 0 aliphatic heterocycles. The van der Waals surface area contributed by atoms with Gasteiger partial charge in [0.1, 0.15) is 0 Å². The predicted molar refractivity (Wildman–Crippen MR) is 219 cm³/mol. The van der Waals surface area contributed by atoms with Crippen LogP contribution in [0.2, 0.25) is 0 Å². The maximum atomic E-state index is 6.48. The van der Waals surface area contributed by atoms with Crippen molar-refractivity contribution in [3.8, 4) is 0 Å². The fourth-order valence-corrected chi connectivity index (χ4v) is 7.08. The molecule has 0 heterocycles. The van der Waals surface area contributed by atoms with Crippen LogP contribution in [0.1, 0.15) is 194 Å². The molecule has 286 valence electrons. The van der Waals surface area contributed by atoms with Crippen molar-refractivity contribution in [2.75, 3.05) is 33.9 Å². The molecule has 0 bridgehead atoms. The Kier molecular flexibility index (Phi) is 34.3. The van der Waals surface area contributed by atoms with Crippen LogP contribution in [-0.2, 0) is 9.47 Å². The Bertz CT molecular complexity index is 724. The highest BCUT2D eigenvalue weighted by atomic mass is 16.5. The van der Waals surface area contributed by atoms with Crippen molar-refractivity contribution in [2.24, 2.45) is 5.92 Å². The standard InChI is InChI=1S/C46H85NO2/c1-5-7-9-11-13-15-17-19-21-23-25-27-29-31-33-35-37-39-48-45-41-44(43-47(3)4)42-46(45)49-40-38-36-34-32-30-28-26-24-22-20-18-16-14-12-10-8-6-2/h13-16,19-22,44-46H,5-12,17-18,23-43H2,1-4H3/b15-13-,16-14-,21-19-,22-20-/t44-,45+,46-. The molecule has 0 radical (unpaired) electrons. The fourth-order valence-electron chi connectivity index (χ4n) is 7.08. The molecule has 0 unspecified atom stereocenters. The van der Waals surface area contributed by atoms with Gasteiger partial charge in [0.2, 0.25) is 0 Å². The largest absolute Gasteiger partial charge is 0.376 e. The second-order valence-electron chi connectivity index (χ2n) is 15.3. The summed E-state index contributed by atoms with van der Waals surface area (Å²) < 4.78 is 13.0. The van der Waals surface area contributed by atoms with Gasteiger partial charge in [0.05, 0.1) is 12.2 Å². The number of hydrogen-bond donors (Lipinski definition) is 0. The van der Waals surface area contributed by atoms with E-state index in [1.807, 2.05) is 0 Å². The summed E-state index contributed by atoms with van der Waals surface area (Å²) in [6.45, 7) is 7.50. The van der Waals surface area contributed by atoms with Gasteiger partial charge in [-0.25, -0.2) is 0 Å². The first-order valence-corrected chi connectivity index (χ1v) is 21.6. The number of ether oxygens (including phenoxy) is 2. The van der Waals surface area contributed by atoms with E-state index in [0.29, 0.717) is 18.1 Å². The summed E-state index contributed by atoms with van der Waals surface area (Å²) in [5, 5.41) is 0. The van der Waals surface area contributed by atoms with Gasteiger partial charge in [0.25, 0.3) is 0 Å². The summed E-state index contributed by atoms with van der Waals surface area (Å²) in [5.41, 5.74) is 0. The summed E-state index contributed by atoms with van der Waals surface area (Å²) in [7, 11) is 4.39. The smallest absolute Gasteiger partial charge is 0.0839 e. The predicted octanol–water partition coefficient (Wildman–Crippen LogP) is 14.1. The lowest BCUT2D eigenvalue weighted by Gasteiger charge is -2.21. The molecule has 1 saturated carbocycles. The molecular weight excluding hydrogens is 599 g/mol. The second-order valence-corrected chi connectivity index (χ2v) is 15.3. The van der Waals surface area contributed by atoms with Gasteiger partial charge in [-0.3, -0.25) is 0 Å². The number of nitrogens with zero attached hydrogens (tertiary/aromatic N) is 1. The van der Waals surface area contributed by atoms with Crippen LogP contribution in [0.3, 0.4) is 0 Å². The Morgan fingerprint density at radius 1 is 0.429 bits per heavy atom. The highest BCUT2D eigenvalue weighted by Crippen LogP contribution is 2.31. The Morgan fingerprint density at radius 3 is 1.10 bits per heavy atom. The van der Waals surface area contributed by atoms with Gasteiger partial charge in [-0.2, -0.15) is 0 Å². The Morgan fingerprint density at radius 2 is 0.755 bits per heavy atom. The Labute approximate surface area is 307 Å². The third-order valence-corrected chi connectivity index (χ3v) is 10.0. The van der Waals surface area contributed by atoms with E-state index in [2.05, 4.69) is 81.5 Å². The molecule has 3 heteroatoms. The molecular formula is C46H85NO2. The molecule has 0 aromatic heterocycles. The van der Waals surface area contributed by atoms with Gasteiger partial charge in [-0.05, 0) is 110 Å². The van der Waals surface area contributed by atoms with Gasteiger partial charge < -0.3 is 14.4 Å². The number of allylic oxidation sites excluding steroid dienone is 8. The summed E-state index contributed by atoms with van der Waals surface area (Å²) >= 11 is 0. The molecule has 3 atom stereocenters. The summed E-state index contributed by atoms with van der Waals surface area (Å²) in [6, 6.07) is 0. The third-order valence-electron chi connectivity index (χ3n) is 10.0. The van der Waals surface area contributed by atoms with E-state index in [-0.39, 0.29) is 0 Å².